The molecule has 0 saturated carbocycles. The normalized spacial score (nSPS) is 17.0. The SMILES string of the molecule is CCCNC(=O)CN1CCC(NCc2cc(Br)cs2)CC1. The third-order valence-corrected chi connectivity index (χ3v) is 5.41. The Morgan fingerprint density at radius 1 is 1.48 bits per heavy atom. The van der Waals surface area contributed by atoms with Crippen molar-refractivity contribution < 1.29 is 4.79 Å². The highest BCUT2D eigenvalue weighted by atomic mass is 79.9. The molecule has 1 amide bonds. The molecule has 1 saturated heterocycles. The minimum Gasteiger partial charge on any atom is -0.355 e. The molecule has 1 fully saturated rings. The van der Waals surface area contributed by atoms with Crippen molar-refractivity contribution in [3.63, 3.8) is 0 Å². The number of hydrogen-bond acceptors (Lipinski definition) is 4. The minimum absolute atomic E-state index is 0.159. The average molecular weight is 374 g/mol. The number of likely N-dealkylation sites (tertiary alicyclic amines) is 1. The molecule has 21 heavy (non-hydrogen) atoms. The fraction of sp³-hybridized carbons (Fsp3) is 0.667. The molecule has 6 heteroatoms. The summed E-state index contributed by atoms with van der Waals surface area (Å²) in [6.45, 7) is 6.36. The van der Waals surface area contributed by atoms with E-state index in [1.165, 1.54) is 4.88 Å². The topological polar surface area (TPSA) is 44.4 Å². The van der Waals surface area contributed by atoms with Gasteiger partial charge in [-0.05, 0) is 41.3 Å². The third kappa shape index (κ3) is 6.06. The van der Waals surface area contributed by atoms with Gasteiger partial charge in [0.15, 0.2) is 0 Å². The van der Waals surface area contributed by atoms with Gasteiger partial charge in [-0.3, -0.25) is 9.69 Å². The highest BCUT2D eigenvalue weighted by Gasteiger charge is 2.20. The van der Waals surface area contributed by atoms with Gasteiger partial charge >= 0.3 is 0 Å². The molecule has 0 bridgehead atoms. The second-order valence-corrected chi connectivity index (χ2v) is 7.42. The van der Waals surface area contributed by atoms with Crippen LogP contribution in [0, 0.1) is 0 Å². The van der Waals surface area contributed by atoms with Crippen molar-refractivity contribution in [2.75, 3.05) is 26.2 Å². The van der Waals surface area contributed by atoms with Crippen molar-refractivity contribution in [1.82, 2.24) is 15.5 Å². The van der Waals surface area contributed by atoms with Gasteiger partial charge in [0.2, 0.25) is 5.91 Å². The average Bonchev–Trinajstić information content (AvgIpc) is 2.90. The number of amides is 1. The molecule has 0 unspecified atom stereocenters. The van der Waals surface area contributed by atoms with Crippen molar-refractivity contribution >= 4 is 33.2 Å². The zero-order valence-electron chi connectivity index (χ0n) is 12.5. The summed E-state index contributed by atoms with van der Waals surface area (Å²) in [7, 11) is 0. The van der Waals surface area contributed by atoms with Crippen molar-refractivity contribution in [3.05, 3.63) is 20.8 Å². The third-order valence-electron chi connectivity index (χ3n) is 3.71. The Morgan fingerprint density at radius 3 is 2.86 bits per heavy atom. The summed E-state index contributed by atoms with van der Waals surface area (Å²) in [5, 5.41) is 8.68. The molecule has 0 spiro atoms. The van der Waals surface area contributed by atoms with E-state index in [1.54, 1.807) is 11.3 Å². The molecule has 0 atom stereocenters. The predicted molar refractivity (Wildman–Crippen MR) is 91.6 cm³/mol. The number of rotatable bonds is 7. The van der Waals surface area contributed by atoms with E-state index < -0.39 is 0 Å². The van der Waals surface area contributed by atoms with Crippen molar-refractivity contribution in [3.8, 4) is 0 Å². The molecule has 1 aromatic heterocycles. The molecular weight excluding hydrogens is 350 g/mol. The molecule has 0 radical (unpaired) electrons. The van der Waals surface area contributed by atoms with Gasteiger partial charge in [0.25, 0.3) is 0 Å². The molecule has 1 aromatic rings. The first-order chi connectivity index (χ1) is 10.2. The number of thiophene rings is 1. The summed E-state index contributed by atoms with van der Waals surface area (Å²) in [6.07, 6.45) is 3.23. The van der Waals surface area contributed by atoms with Crippen molar-refractivity contribution in [1.29, 1.82) is 0 Å². The van der Waals surface area contributed by atoms with Crippen LogP contribution in [0.15, 0.2) is 15.9 Å². The number of carbonyl (C=O) groups excluding carboxylic acids is 1. The fourth-order valence-electron chi connectivity index (χ4n) is 2.51. The van der Waals surface area contributed by atoms with Crippen molar-refractivity contribution in [2.24, 2.45) is 0 Å². The Labute approximate surface area is 139 Å². The maximum Gasteiger partial charge on any atom is 0.234 e. The molecule has 1 aliphatic rings. The number of nitrogens with one attached hydrogen (secondary N) is 2. The van der Waals surface area contributed by atoms with Crippen LogP contribution in [0.2, 0.25) is 0 Å². The second-order valence-electron chi connectivity index (χ2n) is 5.51. The van der Waals surface area contributed by atoms with E-state index in [9.17, 15) is 4.79 Å². The van der Waals surface area contributed by atoms with E-state index in [4.69, 9.17) is 0 Å². The largest absolute Gasteiger partial charge is 0.355 e. The van der Waals surface area contributed by atoms with Crippen LogP contribution in [-0.2, 0) is 11.3 Å². The molecule has 2 heterocycles. The van der Waals surface area contributed by atoms with E-state index in [0.29, 0.717) is 12.6 Å². The van der Waals surface area contributed by atoms with E-state index >= 15 is 0 Å². The van der Waals surface area contributed by atoms with E-state index in [0.717, 1.165) is 49.9 Å². The summed E-state index contributed by atoms with van der Waals surface area (Å²) in [5.41, 5.74) is 0. The number of piperidine rings is 1. The molecule has 4 nitrogen and oxygen atoms in total. The van der Waals surface area contributed by atoms with Crippen LogP contribution in [0.4, 0.5) is 0 Å². The van der Waals surface area contributed by atoms with Crippen LogP contribution in [0.1, 0.15) is 31.1 Å². The fourth-order valence-corrected chi connectivity index (χ4v) is 3.91. The van der Waals surface area contributed by atoms with Crippen LogP contribution in [-0.4, -0.2) is 43.0 Å². The first kappa shape index (κ1) is 16.9. The van der Waals surface area contributed by atoms with E-state index in [2.05, 4.69) is 49.8 Å². The number of halogens is 1. The maximum atomic E-state index is 11.7. The molecule has 0 aromatic carbocycles. The Morgan fingerprint density at radius 2 is 2.24 bits per heavy atom. The van der Waals surface area contributed by atoms with Gasteiger partial charge < -0.3 is 10.6 Å². The van der Waals surface area contributed by atoms with Crippen LogP contribution in [0.25, 0.3) is 0 Å². The van der Waals surface area contributed by atoms with Crippen LogP contribution >= 0.6 is 27.3 Å². The second kappa shape index (κ2) is 8.88. The number of hydrogen-bond donors (Lipinski definition) is 2. The lowest BCUT2D eigenvalue weighted by Crippen LogP contribution is -2.46. The molecule has 118 valence electrons. The molecule has 2 N–H and O–H groups in total. The lowest BCUT2D eigenvalue weighted by atomic mass is 10.1. The summed E-state index contributed by atoms with van der Waals surface area (Å²) < 4.78 is 1.16. The van der Waals surface area contributed by atoms with Crippen molar-refractivity contribution in [2.45, 2.75) is 38.8 Å². The molecule has 1 aliphatic heterocycles. The van der Waals surface area contributed by atoms with E-state index in [-0.39, 0.29) is 5.91 Å². The number of nitrogens with zero attached hydrogens (tertiary/aromatic N) is 1. The Balaban J connectivity index is 1.62. The summed E-state index contributed by atoms with van der Waals surface area (Å²) in [4.78, 5) is 15.3. The van der Waals surface area contributed by atoms with Gasteiger partial charge in [-0.2, -0.15) is 0 Å². The minimum atomic E-state index is 0.159. The molecule has 2 rings (SSSR count). The lowest BCUT2D eigenvalue weighted by molar-refractivity contribution is -0.122. The van der Waals surface area contributed by atoms with Gasteiger partial charge in [-0.25, -0.2) is 0 Å². The Hall–Kier alpha value is -0.430. The van der Waals surface area contributed by atoms with Gasteiger partial charge in [0, 0.05) is 47.0 Å². The highest BCUT2D eigenvalue weighted by molar-refractivity contribution is 9.10. The quantitative estimate of drug-likeness (QED) is 0.771. The zero-order chi connectivity index (χ0) is 15.1. The predicted octanol–water partition coefficient (Wildman–Crippen LogP) is 2.59. The van der Waals surface area contributed by atoms with Gasteiger partial charge in [0.05, 0.1) is 6.54 Å². The van der Waals surface area contributed by atoms with Crippen LogP contribution in [0.3, 0.4) is 0 Å². The van der Waals surface area contributed by atoms with Crippen LogP contribution in [0.5, 0.6) is 0 Å². The standard InChI is InChI=1S/C15H24BrN3OS/c1-2-5-17-15(20)10-19-6-3-13(4-7-19)18-9-14-8-12(16)11-21-14/h8,11,13,18H,2-7,9-10H2,1H3,(H,17,20). The summed E-state index contributed by atoms with van der Waals surface area (Å²) >= 11 is 5.27. The molecule has 0 aliphatic carbocycles. The smallest absolute Gasteiger partial charge is 0.234 e. The summed E-state index contributed by atoms with van der Waals surface area (Å²) in [6, 6.07) is 2.74. The Kier molecular flexibility index (Phi) is 7.16. The zero-order valence-corrected chi connectivity index (χ0v) is 14.9. The van der Waals surface area contributed by atoms with Gasteiger partial charge in [0.1, 0.15) is 0 Å². The molecular formula is C15H24BrN3OS. The monoisotopic (exact) mass is 373 g/mol. The number of carbonyl (C=O) groups is 1. The lowest BCUT2D eigenvalue weighted by Gasteiger charge is -2.31. The van der Waals surface area contributed by atoms with Gasteiger partial charge in [-0.1, -0.05) is 6.92 Å². The first-order valence-corrected chi connectivity index (χ1v) is 9.30. The maximum absolute atomic E-state index is 11.7. The van der Waals surface area contributed by atoms with Gasteiger partial charge in [-0.15, -0.1) is 11.3 Å². The summed E-state index contributed by atoms with van der Waals surface area (Å²) in [5.74, 6) is 0.159. The van der Waals surface area contributed by atoms with E-state index in [1.807, 2.05) is 0 Å². The first-order valence-electron chi connectivity index (χ1n) is 7.62. The highest BCUT2D eigenvalue weighted by Crippen LogP contribution is 2.20. The van der Waals surface area contributed by atoms with Crippen LogP contribution < -0.4 is 10.6 Å². The Bertz CT molecular complexity index is 444.